The van der Waals surface area contributed by atoms with Gasteiger partial charge in [0.1, 0.15) is 0 Å². The van der Waals surface area contributed by atoms with Crippen molar-refractivity contribution in [2.75, 3.05) is 0 Å². The van der Waals surface area contributed by atoms with E-state index in [-0.39, 0.29) is 0 Å². The Bertz CT molecular complexity index is 55.0. The van der Waals surface area contributed by atoms with E-state index < -0.39 is 0 Å². The van der Waals surface area contributed by atoms with Crippen LogP contribution >= 0.6 is 0 Å². The van der Waals surface area contributed by atoms with Gasteiger partial charge in [0.25, 0.3) is 0 Å². The van der Waals surface area contributed by atoms with Crippen molar-refractivity contribution in [2.24, 2.45) is 0 Å². The first-order chi connectivity index (χ1) is 2.81. The largest absolute Gasteiger partial charge is 0.306 e. The number of hydrogen-bond acceptors (Lipinski definition) is 0. The monoisotopic (exact) mass is 84.1 g/mol. The lowest BCUT2D eigenvalue weighted by atomic mass is 10.3. The van der Waals surface area contributed by atoms with E-state index in [1.807, 2.05) is 13.8 Å². The summed E-state index contributed by atoms with van der Waals surface area (Å²) in [5, 5.41) is 0. The van der Waals surface area contributed by atoms with Gasteiger partial charge in [-0.05, 0) is 13.3 Å². The van der Waals surface area contributed by atoms with Crippen LogP contribution in [-0.2, 0) is 0 Å². The summed E-state index contributed by atoms with van der Waals surface area (Å²) >= 11 is 0. The minimum atomic E-state index is 0.718. The molecular weight excluding hydrogens is 74.1 g/mol. The van der Waals surface area contributed by atoms with E-state index >= 15 is 0 Å². The fourth-order valence-electron chi connectivity index (χ4n) is 0.204. The maximum absolute atomic E-state index is 6.93. The van der Waals surface area contributed by atoms with Gasteiger partial charge in [0.15, 0.2) is 0 Å². The third-order valence-corrected chi connectivity index (χ3v) is 0.729. The zero-order valence-corrected chi connectivity index (χ0v) is 4.28. The predicted molar refractivity (Wildman–Crippen MR) is 27.1 cm³/mol. The predicted octanol–water partition coefficient (Wildman–Crippen LogP) is 1.58. The summed E-state index contributed by atoms with van der Waals surface area (Å²) in [6, 6.07) is 0. The lowest BCUT2D eigenvalue weighted by Crippen LogP contribution is -1.74. The molecule has 0 aliphatic rings. The van der Waals surface area contributed by atoms with Gasteiger partial charge in [0.05, 0.1) is 0 Å². The maximum Gasteiger partial charge on any atom is 0.0268 e. The molecular formula is C5H10N. The lowest BCUT2D eigenvalue weighted by Gasteiger charge is -1.83. The first kappa shape index (κ1) is 5.54. The van der Waals surface area contributed by atoms with Crippen molar-refractivity contribution < 1.29 is 0 Å². The number of allylic oxidation sites excluding steroid dienone is 2. The van der Waals surface area contributed by atoms with Gasteiger partial charge in [0, 0.05) is 5.70 Å². The molecule has 1 heteroatoms. The molecule has 0 unspecified atom stereocenters. The Hall–Kier alpha value is -0.460. The fourth-order valence-corrected chi connectivity index (χ4v) is 0.204. The van der Waals surface area contributed by atoms with Crippen LogP contribution < -0.4 is 5.73 Å². The molecule has 0 saturated carbocycles. The Morgan fingerprint density at radius 1 is 1.83 bits per heavy atom. The Kier molecular flexibility index (Phi) is 2.55. The Balaban J connectivity index is 3.22. The third kappa shape index (κ3) is 1.82. The van der Waals surface area contributed by atoms with Crippen LogP contribution in [0.4, 0.5) is 0 Å². The smallest absolute Gasteiger partial charge is 0.0268 e. The standard InChI is InChI=1S/C5H10N/c1-3-5(6)4-2/h3,6H,4H2,1-2H3/b5-3-. The molecule has 0 amide bonds. The van der Waals surface area contributed by atoms with Crippen molar-refractivity contribution in [3.05, 3.63) is 11.8 Å². The molecule has 0 aromatic heterocycles. The van der Waals surface area contributed by atoms with Crippen LogP contribution in [0.3, 0.4) is 0 Å². The summed E-state index contributed by atoms with van der Waals surface area (Å²) in [4.78, 5) is 0. The van der Waals surface area contributed by atoms with Gasteiger partial charge >= 0.3 is 0 Å². The minimum absolute atomic E-state index is 0.718. The average Bonchev–Trinajstić information content (AvgIpc) is 1.65. The first-order valence-corrected chi connectivity index (χ1v) is 2.18. The van der Waals surface area contributed by atoms with Crippen molar-refractivity contribution in [1.29, 1.82) is 0 Å². The highest BCUT2D eigenvalue weighted by atomic mass is 14.6. The molecule has 0 rings (SSSR count). The molecule has 1 nitrogen and oxygen atoms in total. The van der Waals surface area contributed by atoms with Crippen LogP contribution in [0.2, 0.25) is 0 Å². The highest BCUT2D eigenvalue weighted by Crippen LogP contribution is 1.88. The number of rotatable bonds is 1. The Labute approximate surface area is 38.8 Å². The second kappa shape index (κ2) is 2.76. The van der Waals surface area contributed by atoms with E-state index in [9.17, 15) is 0 Å². The fraction of sp³-hybridized carbons (Fsp3) is 0.600. The molecule has 0 aromatic carbocycles. The van der Waals surface area contributed by atoms with E-state index in [4.69, 9.17) is 5.73 Å². The summed E-state index contributed by atoms with van der Waals surface area (Å²) in [5.74, 6) is 0. The van der Waals surface area contributed by atoms with E-state index in [0.29, 0.717) is 0 Å². The van der Waals surface area contributed by atoms with Crippen molar-refractivity contribution in [2.45, 2.75) is 20.3 Å². The number of hydrogen-bond donors (Lipinski definition) is 0. The van der Waals surface area contributed by atoms with Crippen molar-refractivity contribution >= 4 is 0 Å². The van der Waals surface area contributed by atoms with Gasteiger partial charge in [-0.1, -0.05) is 13.0 Å². The van der Waals surface area contributed by atoms with Crippen LogP contribution in [0.25, 0.3) is 0 Å². The third-order valence-electron chi connectivity index (χ3n) is 0.729. The lowest BCUT2D eigenvalue weighted by molar-refractivity contribution is 1.04. The van der Waals surface area contributed by atoms with Gasteiger partial charge in [-0.25, -0.2) is 0 Å². The molecule has 0 aromatic rings. The molecule has 0 aliphatic heterocycles. The average molecular weight is 84.1 g/mol. The minimum Gasteiger partial charge on any atom is -0.306 e. The van der Waals surface area contributed by atoms with Crippen molar-refractivity contribution in [3.63, 3.8) is 0 Å². The molecule has 0 spiro atoms. The molecule has 0 fully saturated rings. The van der Waals surface area contributed by atoms with E-state index in [0.717, 1.165) is 12.1 Å². The van der Waals surface area contributed by atoms with Gasteiger partial charge in [-0.15, -0.1) is 0 Å². The topological polar surface area (TPSA) is 23.8 Å². The van der Waals surface area contributed by atoms with Crippen LogP contribution in [0.1, 0.15) is 20.3 Å². The molecule has 1 N–H and O–H groups in total. The highest BCUT2D eigenvalue weighted by molar-refractivity contribution is 4.90. The quantitative estimate of drug-likeness (QED) is 0.460. The van der Waals surface area contributed by atoms with E-state index in [1.165, 1.54) is 0 Å². The first-order valence-electron chi connectivity index (χ1n) is 2.18. The SMILES string of the molecule is C/C=C(\[NH])CC. The summed E-state index contributed by atoms with van der Waals surface area (Å²) in [5.41, 5.74) is 7.65. The summed E-state index contributed by atoms with van der Waals surface area (Å²) in [6.07, 6.45) is 2.66. The summed E-state index contributed by atoms with van der Waals surface area (Å²) in [7, 11) is 0. The molecule has 0 aliphatic carbocycles. The second-order valence-corrected chi connectivity index (χ2v) is 1.17. The van der Waals surface area contributed by atoms with Gasteiger partial charge in [0.2, 0.25) is 0 Å². The zero-order chi connectivity index (χ0) is 4.99. The molecule has 0 atom stereocenters. The Morgan fingerprint density at radius 3 is 2.33 bits per heavy atom. The summed E-state index contributed by atoms with van der Waals surface area (Å²) in [6.45, 7) is 3.86. The molecule has 0 saturated heterocycles. The maximum atomic E-state index is 6.93. The van der Waals surface area contributed by atoms with Crippen LogP contribution in [0.15, 0.2) is 11.8 Å². The van der Waals surface area contributed by atoms with E-state index in [1.54, 1.807) is 6.08 Å². The summed E-state index contributed by atoms with van der Waals surface area (Å²) < 4.78 is 0. The molecule has 0 bridgehead atoms. The van der Waals surface area contributed by atoms with Crippen LogP contribution in [-0.4, -0.2) is 0 Å². The van der Waals surface area contributed by atoms with Gasteiger partial charge in [-0.3, -0.25) is 0 Å². The van der Waals surface area contributed by atoms with Crippen molar-refractivity contribution in [3.8, 4) is 0 Å². The zero-order valence-electron chi connectivity index (χ0n) is 4.28. The Morgan fingerprint density at radius 2 is 2.33 bits per heavy atom. The van der Waals surface area contributed by atoms with Gasteiger partial charge in [-0.2, -0.15) is 0 Å². The van der Waals surface area contributed by atoms with Crippen molar-refractivity contribution in [1.82, 2.24) is 5.73 Å². The molecule has 0 heterocycles. The molecule has 1 radical (unpaired) electrons. The molecule has 6 heavy (non-hydrogen) atoms. The highest BCUT2D eigenvalue weighted by Gasteiger charge is 1.75. The number of nitrogens with one attached hydrogen (secondary N) is 1. The molecule has 35 valence electrons. The van der Waals surface area contributed by atoms with Gasteiger partial charge < -0.3 is 5.73 Å². The van der Waals surface area contributed by atoms with Crippen LogP contribution in [0, 0.1) is 0 Å². The second-order valence-electron chi connectivity index (χ2n) is 1.17. The van der Waals surface area contributed by atoms with Crippen LogP contribution in [0.5, 0.6) is 0 Å². The normalized spacial score (nSPS) is 12.0. The van der Waals surface area contributed by atoms with E-state index in [2.05, 4.69) is 0 Å².